The van der Waals surface area contributed by atoms with Crippen molar-refractivity contribution in [3.05, 3.63) is 47.8 Å². The van der Waals surface area contributed by atoms with Crippen LogP contribution in [0, 0.1) is 0 Å². The molecule has 2 aliphatic rings. The van der Waals surface area contributed by atoms with Crippen LogP contribution in [0.1, 0.15) is 36.2 Å². The molecule has 0 spiro atoms. The van der Waals surface area contributed by atoms with Crippen LogP contribution in [0.3, 0.4) is 0 Å². The summed E-state index contributed by atoms with van der Waals surface area (Å²) in [4.78, 5) is 35.2. The molecule has 11 heteroatoms. The monoisotopic (exact) mass is 503 g/mol. The zero-order valence-electron chi connectivity index (χ0n) is 21.3. The number of hydrogen-bond acceptors (Lipinski definition) is 10. The first-order valence-corrected chi connectivity index (χ1v) is 12.5. The van der Waals surface area contributed by atoms with Crippen molar-refractivity contribution >= 4 is 29.3 Å². The smallest absolute Gasteiger partial charge is 0.251 e. The number of aromatic nitrogens is 4. The van der Waals surface area contributed by atoms with Gasteiger partial charge in [0.1, 0.15) is 5.82 Å². The first kappa shape index (κ1) is 24.8. The van der Waals surface area contributed by atoms with Gasteiger partial charge < -0.3 is 31.3 Å². The maximum atomic E-state index is 12.6. The molecule has 194 valence electrons. The van der Waals surface area contributed by atoms with Crippen molar-refractivity contribution in [1.29, 1.82) is 0 Å². The van der Waals surface area contributed by atoms with Crippen molar-refractivity contribution < 1.29 is 9.53 Å². The molecule has 1 fully saturated rings. The summed E-state index contributed by atoms with van der Waals surface area (Å²) in [5.41, 5.74) is 15.6. The van der Waals surface area contributed by atoms with Gasteiger partial charge in [0.2, 0.25) is 11.9 Å². The highest BCUT2D eigenvalue weighted by Gasteiger charge is 2.29. The molecule has 2 aromatic heterocycles. The van der Waals surface area contributed by atoms with Gasteiger partial charge in [-0.05, 0) is 51.0 Å². The minimum absolute atomic E-state index is 0.111. The Morgan fingerprint density at radius 3 is 2.46 bits per heavy atom. The zero-order valence-corrected chi connectivity index (χ0v) is 21.3. The standard InChI is InChI=1S/C26H33N9O2/c1-26(2,28)8-9-29-23(36)17-3-5-19(6-4-17)35-10-7-20-21(18-15-30-24(27)31-16-18)32-25(33-22(20)35)34-11-13-37-14-12-34/h3-6,15-16H,7-14,28H2,1-2H3,(H,29,36)(H2,27,30,31). The van der Waals surface area contributed by atoms with Crippen LogP contribution in [0.2, 0.25) is 0 Å². The SMILES string of the molecule is CC(C)(N)CCNC(=O)c1ccc(N2CCc3c(-c4cnc(N)nc4)nc(N4CCOCC4)nc32)cc1. The molecule has 4 heterocycles. The first-order valence-electron chi connectivity index (χ1n) is 12.5. The number of anilines is 4. The van der Waals surface area contributed by atoms with Gasteiger partial charge in [0.05, 0.1) is 18.9 Å². The lowest BCUT2D eigenvalue weighted by Gasteiger charge is -2.28. The molecule has 0 saturated carbocycles. The average Bonchev–Trinajstić information content (AvgIpc) is 3.32. The molecule has 1 aromatic carbocycles. The van der Waals surface area contributed by atoms with Crippen molar-refractivity contribution in [2.24, 2.45) is 5.73 Å². The second-order valence-corrected chi connectivity index (χ2v) is 10.0. The van der Waals surface area contributed by atoms with Gasteiger partial charge in [-0.1, -0.05) is 0 Å². The minimum atomic E-state index is -0.320. The number of nitrogen functional groups attached to an aromatic ring is 1. The summed E-state index contributed by atoms with van der Waals surface area (Å²) < 4.78 is 5.52. The summed E-state index contributed by atoms with van der Waals surface area (Å²) in [6.07, 6.45) is 4.88. The lowest BCUT2D eigenvalue weighted by Crippen LogP contribution is -2.37. The Bertz CT molecular complexity index is 1250. The van der Waals surface area contributed by atoms with Gasteiger partial charge >= 0.3 is 0 Å². The number of morpholine rings is 1. The molecule has 0 atom stereocenters. The molecule has 2 aliphatic heterocycles. The van der Waals surface area contributed by atoms with Crippen molar-refractivity contribution in [2.75, 3.05) is 54.9 Å². The van der Waals surface area contributed by atoms with Gasteiger partial charge in [-0.2, -0.15) is 4.98 Å². The molecule has 0 aliphatic carbocycles. The summed E-state index contributed by atoms with van der Waals surface area (Å²) in [5.74, 6) is 1.62. The van der Waals surface area contributed by atoms with Crippen LogP contribution in [0.25, 0.3) is 11.3 Å². The van der Waals surface area contributed by atoms with Crippen molar-refractivity contribution in [2.45, 2.75) is 32.2 Å². The number of nitrogens with one attached hydrogen (secondary N) is 1. The van der Waals surface area contributed by atoms with Crippen molar-refractivity contribution in [1.82, 2.24) is 25.3 Å². The van der Waals surface area contributed by atoms with E-state index in [1.54, 1.807) is 12.4 Å². The predicted octanol–water partition coefficient (Wildman–Crippen LogP) is 1.90. The number of nitrogens with two attached hydrogens (primary N) is 2. The van der Waals surface area contributed by atoms with Crippen LogP contribution in [-0.2, 0) is 11.2 Å². The van der Waals surface area contributed by atoms with E-state index >= 15 is 0 Å². The Hall–Kier alpha value is -3.83. The summed E-state index contributed by atoms with van der Waals surface area (Å²) >= 11 is 0. The van der Waals surface area contributed by atoms with Crippen molar-refractivity contribution in [3.63, 3.8) is 0 Å². The van der Waals surface area contributed by atoms with E-state index in [0.29, 0.717) is 37.7 Å². The normalized spacial score (nSPS) is 15.5. The van der Waals surface area contributed by atoms with Crippen LogP contribution >= 0.6 is 0 Å². The molecule has 1 amide bonds. The maximum absolute atomic E-state index is 12.6. The Balaban J connectivity index is 1.43. The van der Waals surface area contributed by atoms with Gasteiger partial charge in [-0.25, -0.2) is 15.0 Å². The molecule has 5 rings (SSSR count). The highest BCUT2D eigenvalue weighted by atomic mass is 16.5. The van der Waals surface area contributed by atoms with E-state index in [0.717, 1.165) is 54.4 Å². The lowest BCUT2D eigenvalue weighted by atomic mass is 10.0. The van der Waals surface area contributed by atoms with E-state index in [4.69, 9.17) is 26.2 Å². The molecular weight excluding hydrogens is 470 g/mol. The molecule has 11 nitrogen and oxygen atoms in total. The molecule has 0 radical (unpaired) electrons. The van der Waals surface area contributed by atoms with E-state index in [1.807, 2.05) is 38.1 Å². The number of hydrogen-bond donors (Lipinski definition) is 3. The quantitative estimate of drug-likeness (QED) is 0.436. The molecule has 37 heavy (non-hydrogen) atoms. The summed E-state index contributed by atoms with van der Waals surface area (Å²) in [6.45, 7) is 7.89. The molecule has 0 bridgehead atoms. The fraction of sp³-hybridized carbons (Fsp3) is 0.423. The van der Waals surface area contributed by atoms with Crippen LogP contribution in [0.4, 0.5) is 23.4 Å². The third kappa shape index (κ3) is 5.62. The third-order valence-corrected chi connectivity index (χ3v) is 6.55. The fourth-order valence-corrected chi connectivity index (χ4v) is 4.49. The van der Waals surface area contributed by atoms with E-state index in [1.165, 1.54) is 0 Å². The number of amides is 1. The number of carbonyl (C=O) groups is 1. The van der Waals surface area contributed by atoms with Gasteiger partial charge in [-0.3, -0.25) is 4.79 Å². The highest BCUT2D eigenvalue weighted by Crippen LogP contribution is 2.39. The first-order chi connectivity index (χ1) is 17.8. The van der Waals surface area contributed by atoms with E-state index in [-0.39, 0.29) is 17.4 Å². The van der Waals surface area contributed by atoms with Gasteiger partial charge in [0, 0.05) is 66.5 Å². The second kappa shape index (κ2) is 10.3. The molecule has 1 saturated heterocycles. The van der Waals surface area contributed by atoms with Crippen molar-refractivity contribution in [3.8, 4) is 11.3 Å². The molecule has 3 aromatic rings. The van der Waals surface area contributed by atoms with Crippen LogP contribution in [0.5, 0.6) is 0 Å². The maximum Gasteiger partial charge on any atom is 0.251 e. The van der Waals surface area contributed by atoms with E-state index < -0.39 is 0 Å². The Morgan fingerprint density at radius 2 is 1.78 bits per heavy atom. The van der Waals surface area contributed by atoms with E-state index in [2.05, 4.69) is 25.1 Å². The predicted molar refractivity (Wildman–Crippen MR) is 143 cm³/mol. The number of fused-ring (bicyclic) bond motifs is 1. The summed E-state index contributed by atoms with van der Waals surface area (Å²) in [7, 11) is 0. The van der Waals surface area contributed by atoms with Gasteiger partial charge in [0.25, 0.3) is 5.91 Å². The van der Waals surface area contributed by atoms with Crippen LogP contribution < -0.4 is 26.6 Å². The number of ether oxygens (including phenoxy) is 1. The summed E-state index contributed by atoms with van der Waals surface area (Å²) in [6, 6.07) is 7.60. The minimum Gasteiger partial charge on any atom is -0.378 e. The topological polar surface area (TPSA) is 148 Å². The Labute approximate surface area is 216 Å². The summed E-state index contributed by atoms with van der Waals surface area (Å²) in [5, 5.41) is 2.94. The Morgan fingerprint density at radius 1 is 1.08 bits per heavy atom. The number of carbonyl (C=O) groups excluding carboxylic acids is 1. The average molecular weight is 504 g/mol. The second-order valence-electron chi connectivity index (χ2n) is 10.0. The largest absolute Gasteiger partial charge is 0.378 e. The van der Waals surface area contributed by atoms with Gasteiger partial charge in [-0.15, -0.1) is 0 Å². The molecular formula is C26H33N9O2. The number of nitrogens with zero attached hydrogens (tertiary/aromatic N) is 6. The number of rotatable bonds is 7. The lowest BCUT2D eigenvalue weighted by molar-refractivity contribution is 0.0951. The zero-order chi connectivity index (χ0) is 26.0. The Kier molecular flexibility index (Phi) is 6.90. The van der Waals surface area contributed by atoms with E-state index in [9.17, 15) is 4.79 Å². The number of benzene rings is 1. The van der Waals surface area contributed by atoms with Gasteiger partial charge in [0.15, 0.2) is 0 Å². The highest BCUT2D eigenvalue weighted by molar-refractivity contribution is 5.94. The van der Waals surface area contributed by atoms with Crippen LogP contribution in [0.15, 0.2) is 36.7 Å². The molecule has 0 unspecified atom stereocenters. The fourth-order valence-electron chi connectivity index (χ4n) is 4.49. The van der Waals surface area contributed by atoms with Crippen LogP contribution in [-0.4, -0.2) is 70.8 Å². The molecule has 5 N–H and O–H groups in total. The third-order valence-electron chi connectivity index (χ3n) is 6.55.